The highest BCUT2D eigenvalue weighted by Crippen LogP contribution is 2.03. The average molecular weight is 275 g/mol. The number of hydrogen-bond donors (Lipinski definition) is 1. The summed E-state index contributed by atoms with van der Waals surface area (Å²) in [6, 6.07) is 5.72. The molecule has 1 aromatic carbocycles. The van der Waals surface area contributed by atoms with E-state index in [2.05, 4.69) is 10.3 Å². The molecule has 0 saturated carbocycles. The predicted molar refractivity (Wildman–Crippen MR) is 74.8 cm³/mol. The first-order chi connectivity index (χ1) is 9.75. The van der Waals surface area contributed by atoms with E-state index in [1.165, 1.54) is 18.2 Å². The molecule has 0 bridgehead atoms. The smallest absolute Gasteiger partial charge is 0.251 e. The fourth-order valence-electron chi connectivity index (χ4n) is 1.95. The summed E-state index contributed by atoms with van der Waals surface area (Å²) in [7, 11) is 0. The van der Waals surface area contributed by atoms with Gasteiger partial charge in [0.25, 0.3) is 5.91 Å². The minimum Gasteiger partial charge on any atom is -0.352 e. The quantitative estimate of drug-likeness (QED) is 0.790. The molecule has 0 fully saturated rings. The summed E-state index contributed by atoms with van der Waals surface area (Å²) in [5, 5.41) is 2.80. The van der Waals surface area contributed by atoms with Gasteiger partial charge in [-0.05, 0) is 37.5 Å². The second-order valence-electron chi connectivity index (χ2n) is 4.63. The molecule has 1 amide bonds. The minimum absolute atomic E-state index is 0.223. The number of halogens is 1. The average Bonchev–Trinajstić information content (AvgIpc) is 2.95. The van der Waals surface area contributed by atoms with Crippen molar-refractivity contribution < 1.29 is 9.18 Å². The van der Waals surface area contributed by atoms with E-state index in [0.29, 0.717) is 12.1 Å². The lowest BCUT2D eigenvalue weighted by Crippen LogP contribution is -2.24. The van der Waals surface area contributed by atoms with Gasteiger partial charge in [0, 0.05) is 31.0 Å². The van der Waals surface area contributed by atoms with E-state index in [9.17, 15) is 9.18 Å². The normalized spacial score (nSPS) is 10.4. The van der Waals surface area contributed by atoms with Crippen LogP contribution in [0.2, 0.25) is 0 Å². The van der Waals surface area contributed by atoms with Crippen molar-refractivity contribution in [3.8, 4) is 0 Å². The molecule has 4 nitrogen and oxygen atoms in total. The number of unbranched alkanes of at least 4 members (excludes halogenated alkanes) is 2. The van der Waals surface area contributed by atoms with Crippen LogP contribution in [-0.2, 0) is 6.54 Å². The minimum atomic E-state index is -0.391. The fourth-order valence-corrected chi connectivity index (χ4v) is 1.95. The van der Waals surface area contributed by atoms with Crippen molar-refractivity contribution >= 4 is 5.91 Å². The molecule has 0 atom stereocenters. The molecule has 0 aliphatic heterocycles. The van der Waals surface area contributed by atoms with Crippen LogP contribution >= 0.6 is 0 Å². The van der Waals surface area contributed by atoms with Gasteiger partial charge < -0.3 is 9.88 Å². The predicted octanol–water partition coefficient (Wildman–Crippen LogP) is 2.62. The lowest BCUT2D eigenvalue weighted by molar-refractivity contribution is 0.0952. The van der Waals surface area contributed by atoms with E-state index in [-0.39, 0.29) is 5.91 Å². The summed E-state index contributed by atoms with van der Waals surface area (Å²) in [5.74, 6) is -0.614. The number of imidazole rings is 1. The van der Waals surface area contributed by atoms with Gasteiger partial charge in [-0.15, -0.1) is 0 Å². The number of benzene rings is 1. The number of nitrogens with one attached hydrogen (secondary N) is 1. The van der Waals surface area contributed by atoms with Crippen LogP contribution in [-0.4, -0.2) is 22.0 Å². The van der Waals surface area contributed by atoms with Crippen molar-refractivity contribution in [2.24, 2.45) is 0 Å². The van der Waals surface area contributed by atoms with Gasteiger partial charge in [-0.3, -0.25) is 4.79 Å². The number of aromatic nitrogens is 2. The van der Waals surface area contributed by atoms with Crippen LogP contribution in [0.15, 0.2) is 43.0 Å². The molecule has 1 N–H and O–H groups in total. The summed E-state index contributed by atoms with van der Waals surface area (Å²) in [4.78, 5) is 15.7. The van der Waals surface area contributed by atoms with Gasteiger partial charge in [-0.2, -0.15) is 0 Å². The highest BCUT2D eigenvalue weighted by Gasteiger charge is 2.04. The summed E-state index contributed by atoms with van der Waals surface area (Å²) in [6.45, 7) is 1.55. The van der Waals surface area contributed by atoms with E-state index in [4.69, 9.17) is 0 Å². The van der Waals surface area contributed by atoms with Gasteiger partial charge in [0.2, 0.25) is 0 Å². The van der Waals surface area contributed by atoms with Gasteiger partial charge in [0.05, 0.1) is 6.33 Å². The van der Waals surface area contributed by atoms with Crippen LogP contribution in [0.4, 0.5) is 4.39 Å². The summed E-state index contributed by atoms with van der Waals surface area (Å²) in [5.41, 5.74) is 0.364. The molecule has 0 spiro atoms. The Balaban J connectivity index is 1.60. The summed E-state index contributed by atoms with van der Waals surface area (Å²) >= 11 is 0. The fraction of sp³-hybridized carbons (Fsp3) is 0.333. The number of aryl methyl sites for hydroxylation is 1. The van der Waals surface area contributed by atoms with Gasteiger partial charge in [0.15, 0.2) is 0 Å². The van der Waals surface area contributed by atoms with E-state index >= 15 is 0 Å². The van der Waals surface area contributed by atoms with Crippen molar-refractivity contribution in [1.82, 2.24) is 14.9 Å². The first-order valence-electron chi connectivity index (χ1n) is 6.75. The van der Waals surface area contributed by atoms with E-state index < -0.39 is 5.82 Å². The first kappa shape index (κ1) is 14.2. The van der Waals surface area contributed by atoms with E-state index in [1.807, 2.05) is 10.8 Å². The number of nitrogens with zero attached hydrogens (tertiary/aromatic N) is 2. The summed E-state index contributed by atoms with van der Waals surface area (Å²) < 4.78 is 15.0. The molecule has 1 aromatic heterocycles. The third-order valence-electron chi connectivity index (χ3n) is 3.02. The Labute approximate surface area is 117 Å². The Morgan fingerprint density at radius 2 is 2.20 bits per heavy atom. The Morgan fingerprint density at radius 3 is 2.95 bits per heavy atom. The maximum atomic E-state index is 13.0. The lowest BCUT2D eigenvalue weighted by Gasteiger charge is -2.06. The van der Waals surface area contributed by atoms with Gasteiger partial charge >= 0.3 is 0 Å². The van der Waals surface area contributed by atoms with Crippen LogP contribution in [0.5, 0.6) is 0 Å². The highest BCUT2D eigenvalue weighted by atomic mass is 19.1. The monoisotopic (exact) mass is 275 g/mol. The van der Waals surface area contributed by atoms with Crippen molar-refractivity contribution in [1.29, 1.82) is 0 Å². The first-order valence-corrected chi connectivity index (χ1v) is 6.75. The second-order valence-corrected chi connectivity index (χ2v) is 4.63. The SMILES string of the molecule is O=C(NCCCCCn1ccnc1)c1cccc(F)c1. The molecule has 0 radical (unpaired) electrons. The maximum Gasteiger partial charge on any atom is 0.251 e. The third kappa shape index (κ3) is 4.50. The van der Waals surface area contributed by atoms with Crippen LogP contribution in [0.3, 0.4) is 0 Å². The zero-order valence-corrected chi connectivity index (χ0v) is 11.3. The molecule has 0 saturated heterocycles. The Hall–Kier alpha value is -2.17. The standard InChI is InChI=1S/C15H18FN3O/c16-14-6-4-5-13(11-14)15(20)18-7-2-1-3-9-19-10-8-17-12-19/h4-6,8,10-12H,1-3,7,9H2,(H,18,20). The summed E-state index contributed by atoms with van der Waals surface area (Å²) in [6.07, 6.45) is 8.49. The van der Waals surface area contributed by atoms with Gasteiger partial charge in [-0.25, -0.2) is 9.37 Å². The molecular formula is C15H18FN3O. The van der Waals surface area contributed by atoms with Crippen LogP contribution in [0.25, 0.3) is 0 Å². The van der Waals surface area contributed by atoms with Crippen molar-refractivity contribution in [2.45, 2.75) is 25.8 Å². The molecule has 0 aliphatic carbocycles. The van der Waals surface area contributed by atoms with Crippen molar-refractivity contribution in [2.75, 3.05) is 6.54 Å². The number of amides is 1. The molecule has 0 aliphatic rings. The Bertz CT molecular complexity index is 540. The zero-order valence-electron chi connectivity index (χ0n) is 11.3. The zero-order chi connectivity index (χ0) is 14.2. The topological polar surface area (TPSA) is 46.9 Å². The van der Waals surface area contributed by atoms with Gasteiger partial charge in [-0.1, -0.05) is 6.07 Å². The van der Waals surface area contributed by atoms with Crippen LogP contribution in [0, 0.1) is 5.82 Å². The lowest BCUT2D eigenvalue weighted by atomic mass is 10.2. The Morgan fingerprint density at radius 1 is 1.30 bits per heavy atom. The van der Waals surface area contributed by atoms with Crippen LogP contribution in [0.1, 0.15) is 29.6 Å². The van der Waals surface area contributed by atoms with Crippen LogP contribution < -0.4 is 5.32 Å². The van der Waals surface area contributed by atoms with Gasteiger partial charge in [0.1, 0.15) is 5.82 Å². The Kier molecular flexibility index (Phi) is 5.29. The molecule has 106 valence electrons. The molecule has 0 unspecified atom stereocenters. The number of carbonyl (C=O) groups is 1. The maximum absolute atomic E-state index is 13.0. The molecular weight excluding hydrogens is 257 g/mol. The van der Waals surface area contributed by atoms with E-state index in [1.54, 1.807) is 18.6 Å². The van der Waals surface area contributed by atoms with Crippen molar-refractivity contribution in [3.05, 3.63) is 54.4 Å². The molecule has 5 heteroatoms. The number of hydrogen-bond acceptors (Lipinski definition) is 2. The third-order valence-corrected chi connectivity index (χ3v) is 3.02. The largest absolute Gasteiger partial charge is 0.352 e. The number of rotatable bonds is 7. The van der Waals surface area contributed by atoms with Crippen molar-refractivity contribution in [3.63, 3.8) is 0 Å². The highest BCUT2D eigenvalue weighted by molar-refractivity contribution is 5.94. The molecule has 2 rings (SSSR count). The van der Waals surface area contributed by atoms with E-state index in [0.717, 1.165) is 25.8 Å². The molecule has 1 heterocycles. The number of carbonyl (C=O) groups excluding carboxylic acids is 1. The molecule has 20 heavy (non-hydrogen) atoms. The molecule has 2 aromatic rings. The second kappa shape index (κ2) is 7.43.